The van der Waals surface area contributed by atoms with Gasteiger partial charge in [0.05, 0.1) is 4.47 Å². The molecule has 3 nitrogen and oxygen atoms in total. The molecule has 2 aliphatic rings. The standard InChI is InChI=1S/C14H20BrN3/c15-12-4-1-8-17-13(12)18-9-3-6-14(11-18)5-2-7-16-10-14/h1,4,8,16H,2-3,5-7,9-11H2. The Morgan fingerprint density at radius 3 is 3.00 bits per heavy atom. The van der Waals surface area contributed by atoms with Gasteiger partial charge in [0.15, 0.2) is 0 Å². The van der Waals surface area contributed by atoms with Crippen LogP contribution in [0.25, 0.3) is 0 Å². The summed E-state index contributed by atoms with van der Waals surface area (Å²) in [5, 5.41) is 3.57. The molecule has 2 saturated heterocycles. The Balaban J connectivity index is 1.80. The Kier molecular flexibility index (Phi) is 3.57. The van der Waals surface area contributed by atoms with E-state index < -0.39 is 0 Å². The van der Waals surface area contributed by atoms with E-state index in [0.29, 0.717) is 5.41 Å². The maximum absolute atomic E-state index is 4.54. The molecule has 3 rings (SSSR count). The van der Waals surface area contributed by atoms with E-state index in [1.165, 1.54) is 38.8 Å². The highest BCUT2D eigenvalue weighted by Crippen LogP contribution is 2.38. The van der Waals surface area contributed by atoms with Crippen molar-refractivity contribution in [2.45, 2.75) is 25.7 Å². The number of hydrogen-bond acceptors (Lipinski definition) is 3. The zero-order chi connectivity index (χ0) is 12.4. The minimum Gasteiger partial charge on any atom is -0.355 e. The van der Waals surface area contributed by atoms with E-state index in [1.807, 2.05) is 12.3 Å². The van der Waals surface area contributed by atoms with Gasteiger partial charge in [-0.05, 0) is 60.3 Å². The molecule has 2 aliphatic heterocycles. The molecular weight excluding hydrogens is 290 g/mol. The third-order valence-electron chi connectivity index (χ3n) is 4.26. The predicted molar refractivity (Wildman–Crippen MR) is 77.9 cm³/mol. The summed E-state index contributed by atoms with van der Waals surface area (Å²) in [6, 6.07) is 4.07. The molecule has 1 unspecified atom stereocenters. The molecule has 0 radical (unpaired) electrons. The molecular formula is C14H20BrN3. The van der Waals surface area contributed by atoms with E-state index in [-0.39, 0.29) is 0 Å². The van der Waals surface area contributed by atoms with Gasteiger partial charge >= 0.3 is 0 Å². The number of anilines is 1. The molecule has 0 aromatic carbocycles. The second-order valence-corrected chi connectivity index (χ2v) is 6.47. The van der Waals surface area contributed by atoms with Gasteiger partial charge in [-0.2, -0.15) is 0 Å². The van der Waals surface area contributed by atoms with Crippen molar-refractivity contribution in [2.75, 3.05) is 31.1 Å². The van der Waals surface area contributed by atoms with Crippen LogP contribution in [0.4, 0.5) is 5.82 Å². The van der Waals surface area contributed by atoms with Crippen LogP contribution in [0.2, 0.25) is 0 Å². The molecule has 18 heavy (non-hydrogen) atoms. The minimum atomic E-state index is 0.480. The van der Waals surface area contributed by atoms with Crippen molar-refractivity contribution in [2.24, 2.45) is 5.41 Å². The van der Waals surface area contributed by atoms with Crippen molar-refractivity contribution in [3.63, 3.8) is 0 Å². The minimum absolute atomic E-state index is 0.480. The van der Waals surface area contributed by atoms with Gasteiger partial charge in [-0.1, -0.05) is 0 Å². The molecule has 3 heterocycles. The van der Waals surface area contributed by atoms with Crippen molar-refractivity contribution in [3.8, 4) is 0 Å². The Hall–Kier alpha value is -0.610. The number of pyridine rings is 1. The highest BCUT2D eigenvalue weighted by molar-refractivity contribution is 9.10. The summed E-state index contributed by atoms with van der Waals surface area (Å²) in [5.41, 5.74) is 0.480. The van der Waals surface area contributed by atoms with Crippen molar-refractivity contribution >= 4 is 21.7 Å². The van der Waals surface area contributed by atoms with E-state index in [0.717, 1.165) is 23.4 Å². The monoisotopic (exact) mass is 309 g/mol. The summed E-state index contributed by atoms with van der Waals surface area (Å²) in [4.78, 5) is 7.00. The van der Waals surface area contributed by atoms with Crippen LogP contribution in [-0.2, 0) is 0 Å². The van der Waals surface area contributed by atoms with Gasteiger partial charge in [-0.15, -0.1) is 0 Å². The first-order chi connectivity index (χ1) is 8.79. The summed E-state index contributed by atoms with van der Waals surface area (Å²) in [5.74, 6) is 1.11. The summed E-state index contributed by atoms with van der Waals surface area (Å²) >= 11 is 3.62. The number of nitrogens with one attached hydrogen (secondary N) is 1. The Bertz CT molecular complexity index is 410. The number of halogens is 1. The van der Waals surface area contributed by atoms with Crippen LogP contribution >= 0.6 is 15.9 Å². The number of hydrogen-bond donors (Lipinski definition) is 1. The average molecular weight is 310 g/mol. The highest BCUT2D eigenvalue weighted by Gasteiger charge is 2.37. The molecule has 2 fully saturated rings. The molecule has 0 saturated carbocycles. The lowest BCUT2D eigenvalue weighted by Crippen LogP contribution is -2.51. The Morgan fingerprint density at radius 1 is 1.33 bits per heavy atom. The van der Waals surface area contributed by atoms with E-state index in [1.54, 1.807) is 0 Å². The molecule has 98 valence electrons. The first kappa shape index (κ1) is 12.4. The van der Waals surface area contributed by atoms with E-state index >= 15 is 0 Å². The SMILES string of the molecule is Brc1cccnc1N1CCCC2(CCCNC2)C1. The van der Waals surface area contributed by atoms with Gasteiger partial charge in [-0.3, -0.25) is 0 Å². The molecule has 1 aromatic rings. The van der Waals surface area contributed by atoms with Crippen LogP contribution in [0.1, 0.15) is 25.7 Å². The fourth-order valence-corrected chi connectivity index (χ4v) is 3.88. The zero-order valence-corrected chi connectivity index (χ0v) is 12.2. The number of aromatic nitrogens is 1. The first-order valence-corrected chi connectivity index (χ1v) is 7.65. The van der Waals surface area contributed by atoms with Crippen molar-refractivity contribution in [3.05, 3.63) is 22.8 Å². The molecule has 0 bridgehead atoms. The van der Waals surface area contributed by atoms with Gasteiger partial charge in [0, 0.05) is 31.2 Å². The van der Waals surface area contributed by atoms with Crippen LogP contribution in [0, 0.1) is 5.41 Å². The van der Waals surface area contributed by atoms with Crippen LogP contribution in [0.5, 0.6) is 0 Å². The normalized spacial score (nSPS) is 28.6. The molecule has 0 amide bonds. The summed E-state index contributed by atoms with van der Waals surface area (Å²) in [6.07, 6.45) is 7.21. The van der Waals surface area contributed by atoms with Gasteiger partial charge in [-0.25, -0.2) is 4.98 Å². The van der Waals surface area contributed by atoms with E-state index in [2.05, 4.69) is 37.2 Å². The van der Waals surface area contributed by atoms with E-state index in [9.17, 15) is 0 Å². The Morgan fingerprint density at radius 2 is 2.22 bits per heavy atom. The molecule has 0 aliphatic carbocycles. The third-order valence-corrected chi connectivity index (χ3v) is 4.88. The van der Waals surface area contributed by atoms with Crippen LogP contribution in [-0.4, -0.2) is 31.2 Å². The fraction of sp³-hybridized carbons (Fsp3) is 0.643. The first-order valence-electron chi connectivity index (χ1n) is 6.85. The van der Waals surface area contributed by atoms with Crippen LogP contribution in [0.15, 0.2) is 22.8 Å². The van der Waals surface area contributed by atoms with E-state index in [4.69, 9.17) is 0 Å². The third kappa shape index (κ3) is 2.41. The number of rotatable bonds is 1. The average Bonchev–Trinajstić information content (AvgIpc) is 2.40. The number of piperidine rings is 2. The zero-order valence-electron chi connectivity index (χ0n) is 10.7. The van der Waals surface area contributed by atoms with Gasteiger partial charge in [0.25, 0.3) is 0 Å². The maximum Gasteiger partial charge on any atom is 0.142 e. The molecule has 1 atom stereocenters. The Labute approximate surface area is 117 Å². The smallest absolute Gasteiger partial charge is 0.142 e. The molecule has 1 N–H and O–H groups in total. The lowest BCUT2D eigenvalue weighted by Gasteiger charge is -2.46. The quantitative estimate of drug-likeness (QED) is 0.864. The van der Waals surface area contributed by atoms with Gasteiger partial charge in [0.1, 0.15) is 5.82 Å². The van der Waals surface area contributed by atoms with Crippen molar-refractivity contribution in [1.29, 1.82) is 0 Å². The van der Waals surface area contributed by atoms with Crippen molar-refractivity contribution in [1.82, 2.24) is 10.3 Å². The van der Waals surface area contributed by atoms with Crippen molar-refractivity contribution < 1.29 is 0 Å². The van der Waals surface area contributed by atoms with Gasteiger partial charge < -0.3 is 10.2 Å². The largest absolute Gasteiger partial charge is 0.355 e. The lowest BCUT2D eigenvalue weighted by molar-refractivity contribution is 0.173. The molecule has 1 spiro atoms. The summed E-state index contributed by atoms with van der Waals surface area (Å²) in [6.45, 7) is 4.65. The number of nitrogens with zero attached hydrogens (tertiary/aromatic N) is 2. The second kappa shape index (κ2) is 5.17. The fourth-order valence-electron chi connectivity index (χ4n) is 3.38. The molecule has 1 aromatic heterocycles. The maximum atomic E-state index is 4.54. The van der Waals surface area contributed by atoms with Crippen LogP contribution < -0.4 is 10.2 Å². The van der Waals surface area contributed by atoms with Gasteiger partial charge in [0.2, 0.25) is 0 Å². The topological polar surface area (TPSA) is 28.2 Å². The van der Waals surface area contributed by atoms with Crippen LogP contribution in [0.3, 0.4) is 0 Å². The summed E-state index contributed by atoms with van der Waals surface area (Å²) < 4.78 is 1.12. The molecule has 4 heteroatoms. The second-order valence-electron chi connectivity index (χ2n) is 5.61. The predicted octanol–water partition coefficient (Wildman–Crippen LogP) is 2.81. The lowest BCUT2D eigenvalue weighted by atomic mass is 9.74. The summed E-state index contributed by atoms with van der Waals surface area (Å²) in [7, 11) is 0. The highest BCUT2D eigenvalue weighted by atomic mass is 79.9.